The number of amides is 5. The van der Waals surface area contributed by atoms with Crippen molar-refractivity contribution in [2.75, 3.05) is 22.5 Å². The molecular formula is C41H49N7O7. The first-order valence-corrected chi connectivity index (χ1v) is 18.0. The molecule has 0 aromatic heterocycles. The lowest BCUT2D eigenvalue weighted by molar-refractivity contribution is -0.131. The van der Waals surface area contributed by atoms with E-state index in [0.29, 0.717) is 48.4 Å². The molecule has 0 spiro atoms. The molecule has 14 nitrogen and oxygen atoms in total. The van der Waals surface area contributed by atoms with Crippen LogP contribution < -0.4 is 38.1 Å². The summed E-state index contributed by atoms with van der Waals surface area (Å²) in [5.74, 6) is -1.44. The van der Waals surface area contributed by atoms with Crippen molar-refractivity contribution in [3.05, 3.63) is 125 Å². The number of carbonyl (C=O) groups excluding carboxylic acids is 5. The molecule has 3 atom stereocenters. The Hall–Kier alpha value is -6.25. The third-order valence-corrected chi connectivity index (χ3v) is 8.37. The summed E-state index contributed by atoms with van der Waals surface area (Å²) in [6, 6.07) is 27.4. The van der Waals surface area contributed by atoms with Crippen molar-refractivity contribution < 1.29 is 33.4 Å². The van der Waals surface area contributed by atoms with Gasteiger partial charge < -0.3 is 36.9 Å². The number of rotatable bonds is 18. The highest BCUT2D eigenvalue weighted by Crippen LogP contribution is 2.16. The van der Waals surface area contributed by atoms with E-state index in [9.17, 15) is 24.0 Å². The van der Waals surface area contributed by atoms with Crippen molar-refractivity contribution in [1.82, 2.24) is 10.6 Å². The van der Waals surface area contributed by atoms with Crippen LogP contribution in [0.4, 0.5) is 26.7 Å². The molecule has 0 aliphatic carbocycles. The van der Waals surface area contributed by atoms with Crippen LogP contribution in [0.25, 0.3) is 0 Å². The van der Waals surface area contributed by atoms with Gasteiger partial charge >= 0.3 is 12.2 Å². The fourth-order valence-electron chi connectivity index (χ4n) is 5.24. The quantitative estimate of drug-likeness (QED) is 0.0671. The van der Waals surface area contributed by atoms with Crippen LogP contribution in [0.1, 0.15) is 48.4 Å². The van der Waals surface area contributed by atoms with Gasteiger partial charge in [0.15, 0.2) is 0 Å². The number of benzene rings is 4. The number of carbonyl (C=O) groups is 5. The molecule has 0 radical (unpaired) electrons. The number of unbranched alkanes of at least 4 members (excludes halogenated alkanes) is 1. The van der Waals surface area contributed by atoms with Gasteiger partial charge in [0.2, 0.25) is 17.7 Å². The summed E-state index contributed by atoms with van der Waals surface area (Å²) >= 11 is 0. The predicted molar refractivity (Wildman–Crippen MR) is 211 cm³/mol. The maximum atomic E-state index is 13.5. The zero-order valence-electron chi connectivity index (χ0n) is 31.0. The van der Waals surface area contributed by atoms with Crippen molar-refractivity contribution in [3.8, 4) is 0 Å². The average molecular weight is 752 g/mol. The van der Waals surface area contributed by atoms with E-state index in [1.807, 2.05) is 49.4 Å². The Kier molecular flexibility index (Phi) is 16.2. The maximum Gasteiger partial charge on any atom is 0.411 e. The van der Waals surface area contributed by atoms with Crippen LogP contribution in [-0.4, -0.2) is 54.6 Å². The lowest BCUT2D eigenvalue weighted by Gasteiger charge is -2.24. The van der Waals surface area contributed by atoms with Crippen LogP contribution in [0.2, 0.25) is 0 Å². The zero-order valence-corrected chi connectivity index (χ0v) is 31.0. The minimum atomic E-state index is -0.953. The topological polar surface area (TPSA) is 216 Å². The summed E-state index contributed by atoms with van der Waals surface area (Å²) in [5.41, 5.74) is 16.3. The Morgan fingerprint density at radius 2 is 1.07 bits per heavy atom. The Balaban J connectivity index is 1.25. The molecule has 0 aliphatic heterocycles. The van der Waals surface area contributed by atoms with E-state index in [0.717, 1.165) is 16.7 Å². The number of hydrogen-bond acceptors (Lipinski definition) is 9. The van der Waals surface area contributed by atoms with E-state index in [2.05, 4.69) is 26.6 Å². The summed E-state index contributed by atoms with van der Waals surface area (Å²) in [6.07, 6.45) is 0.546. The number of aryl methyl sites for hydroxylation is 1. The average Bonchev–Trinajstić information content (AvgIpc) is 3.18. The Bertz CT molecular complexity index is 1850. The van der Waals surface area contributed by atoms with E-state index in [1.165, 1.54) is 6.92 Å². The van der Waals surface area contributed by atoms with Crippen molar-refractivity contribution in [1.29, 1.82) is 0 Å². The Morgan fingerprint density at radius 3 is 1.58 bits per heavy atom. The minimum Gasteiger partial charge on any atom is -0.444 e. The lowest BCUT2D eigenvalue weighted by atomic mass is 10.0. The highest BCUT2D eigenvalue weighted by atomic mass is 16.6. The SMILES string of the molecule is Cc1ccc(NC(=O)OCc2ccc(NC(=O)OCc3ccc(NC(=O)[C@@H](CCCCN)NC(=O)[C@H](Cc4ccccc4)NC(=O)[C@@H](C)N)cc3)cc2)cc1. The second-order valence-electron chi connectivity index (χ2n) is 13.0. The largest absolute Gasteiger partial charge is 0.444 e. The van der Waals surface area contributed by atoms with Crippen LogP contribution >= 0.6 is 0 Å². The summed E-state index contributed by atoms with van der Waals surface area (Å²) in [4.78, 5) is 63.9. The van der Waals surface area contributed by atoms with Gasteiger partial charge in [-0.05, 0) is 92.7 Å². The van der Waals surface area contributed by atoms with Gasteiger partial charge in [-0.25, -0.2) is 9.59 Å². The maximum absolute atomic E-state index is 13.5. The summed E-state index contributed by atoms with van der Waals surface area (Å²) in [5, 5.41) is 13.7. The van der Waals surface area contributed by atoms with Gasteiger partial charge in [-0.15, -0.1) is 0 Å². The standard InChI is InChI=1S/C41H49N7O7/c1-27-11-17-33(18-12-27)45-40(52)54-26-31-15-21-34(22-16-31)46-41(53)55-25-30-13-19-32(20-14-30)44-38(50)35(10-6-7-23-42)47-39(51)36(48-37(49)28(2)43)24-29-8-4-3-5-9-29/h3-5,8-9,11-22,28,35-36H,6-7,10,23-26,42-43H2,1-2H3,(H,44,50)(H,45,52)(H,46,53)(H,47,51)(H,48,49)/t28-,35-,36+/m1/s1. The van der Waals surface area contributed by atoms with Gasteiger partial charge in [-0.1, -0.05) is 72.3 Å². The molecule has 5 amide bonds. The fraction of sp³-hybridized carbons (Fsp3) is 0.293. The number of hydrogen-bond donors (Lipinski definition) is 7. The lowest BCUT2D eigenvalue weighted by Crippen LogP contribution is -2.55. The van der Waals surface area contributed by atoms with Gasteiger partial charge in [0.05, 0.1) is 6.04 Å². The first-order chi connectivity index (χ1) is 26.5. The van der Waals surface area contributed by atoms with Crippen molar-refractivity contribution in [2.24, 2.45) is 11.5 Å². The summed E-state index contributed by atoms with van der Waals surface area (Å²) in [7, 11) is 0. The monoisotopic (exact) mass is 751 g/mol. The molecule has 0 saturated carbocycles. The number of anilines is 3. The van der Waals surface area contributed by atoms with E-state index in [1.54, 1.807) is 60.7 Å². The zero-order chi connectivity index (χ0) is 39.6. The fourth-order valence-corrected chi connectivity index (χ4v) is 5.24. The van der Waals surface area contributed by atoms with E-state index < -0.39 is 48.0 Å². The molecular weight excluding hydrogens is 702 g/mol. The van der Waals surface area contributed by atoms with Crippen LogP contribution in [0.5, 0.6) is 0 Å². The van der Waals surface area contributed by atoms with Crippen LogP contribution in [-0.2, 0) is 43.5 Å². The first kappa shape index (κ1) is 41.5. The molecule has 0 heterocycles. The van der Waals surface area contributed by atoms with E-state index in [-0.39, 0.29) is 19.6 Å². The summed E-state index contributed by atoms with van der Waals surface area (Å²) < 4.78 is 10.6. The van der Waals surface area contributed by atoms with Crippen LogP contribution in [0, 0.1) is 6.92 Å². The molecule has 0 unspecified atom stereocenters. The number of ether oxygens (including phenoxy) is 2. The van der Waals surface area contributed by atoms with E-state index in [4.69, 9.17) is 20.9 Å². The van der Waals surface area contributed by atoms with Crippen molar-refractivity contribution in [2.45, 2.75) is 70.9 Å². The highest BCUT2D eigenvalue weighted by molar-refractivity contribution is 5.98. The molecule has 290 valence electrons. The summed E-state index contributed by atoms with van der Waals surface area (Å²) in [6.45, 7) is 3.93. The molecule has 0 fully saturated rings. The molecule has 4 aromatic rings. The van der Waals surface area contributed by atoms with Gasteiger partial charge in [0, 0.05) is 23.5 Å². The van der Waals surface area contributed by atoms with Gasteiger partial charge in [0.25, 0.3) is 0 Å². The van der Waals surface area contributed by atoms with Crippen molar-refractivity contribution >= 4 is 47.0 Å². The van der Waals surface area contributed by atoms with Gasteiger partial charge in [0.1, 0.15) is 25.3 Å². The second-order valence-corrected chi connectivity index (χ2v) is 13.0. The molecule has 4 aromatic carbocycles. The third kappa shape index (κ3) is 14.6. The molecule has 9 N–H and O–H groups in total. The van der Waals surface area contributed by atoms with Crippen LogP contribution in [0.15, 0.2) is 103 Å². The normalized spacial score (nSPS) is 12.3. The number of nitrogens with one attached hydrogen (secondary N) is 5. The van der Waals surface area contributed by atoms with Crippen LogP contribution in [0.3, 0.4) is 0 Å². The molecule has 0 bridgehead atoms. The number of nitrogens with two attached hydrogens (primary N) is 2. The molecule has 4 rings (SSSR count). The van der Waals surface area contributed by atoms with E-state index >= 15 is 0 Å². The Morgan fingerprint density at radius 1 is 0.582 bits per heavy atom. The predicted octanol–water partition coefficient (Wildman–Crippen LogP) is 5.12. The first-order valence-electron chi connectivity index (χ1n) is 18.0. The molecule has 55 heavy (non-hydrogen) atoms. The van der Waals surface area contributed by atoms with Gasteiger partial charge in [-0.3, -0.25) is 25.0 Å². The van der Waals surface area contributed by atoms with Crippen molar-refractivity contribution in [3.63, 3.8) is 0 Å². The Labute approximate surface area is 320 Å². The minimum absolute atomic E-state index is 0.0320. The second kappa shape index (κ2) is 21.5. The molecule has 14 heteroatoms. The van der Waals surface area contributed by atoms with Gasteiger partial charge in [-0.2, -0.15) is 0 Å². The molecule has 0 aliphatic rings. The smallest absolute Gasteiger partial charge is 0.411 e. The third-order valence-electron chi connectivity index (χ3n) is 8.37. The molecule has 0 saturated heterocycles. The highest BCUT2D eigenvalue weighted by Gasteiger charge is 2.28.